The smallest absolute Gasteiger partial charge is 0.143 e. The topological polar surface area (TPSA) is 38.9 Å². The Kier molecular flexibility index (Phi) is 4.86. The van der Waals surface area contributed by atoms with Gasteiger partial charge in [0.1, 0.15) is 11.2 Å². The van der Waals surface area contributed by atoms with E-state index >= 15 is 0 Å². The standard InChI is InChI=1S/C40H24N2OS/c1-22-29-21-31-27-10-3-7-16-36(27)44-40(31)37(22)38-34(41-32-13-4-5-14-33(32)42-38)20-24-18-17-23(19-30(24)29)25-11-8-12-28-26-9-2-6-15-35(26)43-39(25)28/h2-19,21H,20H2,1H3. The molecule has 6 aromatic carbocycles. The molecule has 3 aromatic heterocycles. The molecule has 0 fully saturated rings. The Labute approximate surface area is 257 Å². The van der Waals surface area contributed by atoms with Gasteiger partial charge in [0.25, 0.3) is 0 Å². The van der Waals surface area contributed by atoms with Crippen molar-refractivity contribution in [3.8, 4) is 33.5 Å². The second-order valence-corrected chi connectivity index (χ2v) is 12.8. The second-order valence-electron chi connectivity index (χ2n) is 11.7. The Balaban J connectivity index is 1.30. The molecule has 0 saturated heterocycles. The fraction of sp³-hybridized carbons (Fsp3) is 0.0500. The number of benzene rings is 6. The number of fused-ring (bicyclic) bond motifs is 14. The Hall–Kier alpha value is -5.32. The Morgan fingerprint density at radius 2 is 1.41 bits per heavy atom. The van der Waals surface area contributed by atoms with E-state index in [4.69, 9.17) is 14.4 Å². The number of hydrogen-bond donors (Lipinski definition) is 0. The summed E-state index contributed by atoms with van der Waals surface area (Å²) in [5.74, 6) is 0. The van der Waals surface area contributed by atoms with Gasteiger partial charge in [-0.15, -0.1) is 11.3 Å². The zero-order valence-corrected chi connectivity index (χ0v) is 24.7. The molecule has 0 amide bonds. The normalized spacial score (nSPS) is 12.6. The van der Waals surface area contributed by atoms with Crippen molar-refractivity contribution in [2.75, 3.05) is 0 Å². The third-order valence-electron chi connectivity index (χ3n) is 9.28. The summed E-state index contributed by atoms with van der Waals surface area (Å²) >= 11 is 1.86. The maximum atomic E-state index is 6.46. The van der Waals surface area contributed by atoms with Crippen LogP contribution in [0.15, 0.2) is 120 Å². The van der Waals surface area contributed by atoms with E-state index in [0.29, 0.717) is 6.42 Å². The highest BCUT2D eigenvalue weighted by Crippen LogP contribution is 2.48. The van der Waals surface area contributed by atoms with Crippen molar-refractivity contribution in [3.63, 3.8) is 0 Å². The minimum Gasteiger partial charge on any atom is -0.455 e. The summed E-state index contributed by atoms with van der Waals surface area (Å²) < 4.78 is 9.03. The van der Waals surface area contributed by atoms with Gasteiger partial charge in [0, 0.05) is 48.5 Å². The highest BCUT2D eigenvalue weighted by Gasteiger charge is 2.26. The van der Waals surface area contributed by atoms with E-state index in [1.165, 1.54) is 48.0 Å². The highest BCUT2D eigenvalue weighted by atomic mass is 32.1. The van der Waals surface area contributed by atoms with Crippen molar-refractivity contribution in [1.29, 1.82) is 0 Å². The Morgan fingerprint density at radius 1 is 0.636 bits per heavy atom. The van der Waals surface area contributed by atoms with E-state index < -0.39 is 0 Å². The van der Waals surface area contributed by atoms with Crippen LogP contribution >= 0.6 is 11.3 Å². The summed E-state index contributed by atoms with van der Waals surface area (Å²) in [4.78, 5) is 10.5. The van der Waals surface area contributed by atoms with Crippen LogP contribution in [-0.4, -0.2) is 9.97 Å². The number of furan rings is 1. The van der Waals surface area contributed by atoms with Crippen molar-refractivity contribution in [3.05, 3.63) is 132 Å². The second kappa shape index (κ2) is 8.85. The number of hydrogen-bond acceptors (Lipinski definition) is 4. The van der Waals surface area contributed by atoms with Crippen LogP contribution in [0.2, 0.25) is 0 Å². The van der Waals surface area contributed by atoms with Gasteiger partial charge in [0.15, 0.2) is 0 Å². The van der Waals surface area contributed by atoms with Crippen molar-refractivity contribution in [2.45, 2.75) is 13.3 Å². The molecule has 0 N–H and O–H groups in total. The van der Waals surface area contributed by atoms with E-state index in [1.54, 1.807) is 0 Å². The minimum atomic E-state index is 0.714. The molecule has 0 radical (unpaired) electrons. The predicted octanol–water partition coefficient (Wildman–Crippen LogP) is 11.1. The molecule has 10 rings (SSSR count). The summed E-state index contributed by atoms with van der Waals surface area (Å²) in [7, 11) is 0. The van der Waals surface area contributed by atoms with Crippen LogP contribution in [0.5, 0.6) is 0 Å². The van der Waals surface area contributed by atoms with E-state index in [-0.39, 0.29) is 0 Å². The molecular weight excluding hydrogens is 557 g/mol. The third-order valence-corrected chi connectivity index (χ3v) is 10.5. The highest BCUT2D eigenvalue weighted by molar-refractivity contribution is 7.26. The van der Waals surface area contributed by atoms with Crippen molar-refractivity contribution < 1.29 is 4.42 Å². The summed E-state index contributed by atoms with van der Waals surface area (Å²) in [5, 5.41) is 4.86. The van der Waals surface area contributed by atoms with E-state index in [0.717, 1.165) is 55.5 Å². The molecule has 0 atom stereocenters. The molecule has 1 aliphatic carbocycles. The molecule has 206 valence electrons. The van der Waals surface area contributed by atoms with Crippen LogP contribution < -0.4 is 0 Å². The molecule has 0 aliphatic heterocycles. The molecular formula is C40H24N2OS. The Morgan fingerprint density at radius 3 is 2.32 bits per heavy atom. The van der Waals surface area contributed by atoms with Gasteiger partial charge in [-0.05, 0) is 71.1 Å². The number of para-hydroxylation sites is 4. The number of thiophene rings is 1. The van der Waals surface area contributed by atoms with Crippen LogP contribution in [0.3, 0.4) is 0 Å². The molecule has 4 heteroatoms. The first-order valence-corrected chi connectivity index (χ1v) is 15.8. The van der Waals surface area contributed by atoms with Gasteiger partial charge in [0.05, 0.1) is 22.4 Å². The minimum absolute atomic E-state index is 0.714. The summed E-state index contributed by atoms with van der Waals surface area (Å²) in [6, 6.07) is 41.0. The number of rotatable bonds is 1. The van der Waals surface area contributed by atoms with Gasteiger partial charge >= 0.3 is 0 Å². The molecule has 0 unspecified atom stereocenters. The first kappa shape index (κ1) is 24.2. The quantitative estimate of drug-likeness (QED) is 0.194. The van der Waals surface area contributed by atoms with E-state index in [2.05, 4.69) is 97.9 Å². The molecule has 1 aliphatic rings. The van der Waals surface area contributed by atoms with Gasteiger partial charge < -0.3 is 4.42 Å². The molecule has 3 heterocycles. The summed E-state index contributed by atoms with van der Waals surface area (Å²) in [5.41, 5.74) is 14.2. The maximum absolute atomic E-state index is 6.46. The average Bonchev–Trinajstić information content (AvgIpc) is 3.63. The average molecular weight is 581 g/mol. The molecule has 3 nitrogen and oxygen atoms in total. The third kappa shape index (κ3) is 3.32. The van der Waals surface area contributed by atoms with Crippen LogP contribution in [0, 0.1) is 6.92 Å². The van der Waals surface area contributed by atoms with Gasteiger partial charge in [-0.3, -0.25) is 0 Å². The lowest BCUT2D eigenvalue weighted by molar-refractivity contribution is 0.670. The van der Waals surface area contributed by atoms with Gasteiger partial charge in [-0.2, -0.15) is 0 Å². The van der Waals surface area contributed by atoms with Crippen molar-refractivity contribution >= 4 is 64.5 Å². The van der Waals surface area contributed by atoms with Crippen LogP contribution in [0.4, 0.5) is 0 Å². The largest absolute Gasteiger partial charge is 0.455 e. The lowest BCUT2D eigenvalue weighted by Gasteiger charge is -2.22. The fourth-order valence-corrected chi connectivity index (χ4v) is 8.47. The fourth-order valence-electron chi connectivity index (χ4n) is 7.18. The van der Waals surface area contributed by atoms with Crippen LogP contribution in [-0.2, 0) is 6.42 Å². The van der Waals surface area contributed by atoms with Gasteiger partial charge in [-0.1, -0.05) is 78.9 Å². The zero-order chi connectivity index (χ0) is 28.9. The number of aromatic nitrogens is 2. The SMILES string of the molecule is Cc1c2cc3c(sc4ccccc43)c1-c1nc3ccccc3nc1Cc1ccc(-c3cccc4c3oc3ccccc34)cc1-2. The number of nitrogens with zero attached hydrogens (tertiary/aromatic N) is 2. The maximum Gasteiger partial charge on any atom is 0.143 e. The summed E-state index contributed by atoms with van der Waals surface area (Å²) in [6.07, 6.45) is 0.714. The van der Waals surface area contributed by atoms with Crippen molar-refractivity contribution in [1.82, 2.24) is 9.97 Å². The first-order chi connectivity index (χ1) is 21.7. The lowest BCUT2D eigenvalue weighted by atomic mass is 9.84. The first-order valence-electron chi connectivity index (χ1n) is 15.0. The zero-order valence-electron chi connectivity index (χ0n) is 23.9. The molecule has 44 heavy (non-hydrogen) atoms. The van der Waals surface area contributed by atoms with Crippen LogP contribution in [0.1, 0.15) is 16.8 Å². The predicted molar refractivity (Wildman–Crippen MR) is 184 cm³/mol. The van der Waals surface area contributed by atoms with Crippen molar-refractivity contribution in [2.24, 2.45) is 0 Å². The molecule has 0 spiro atoms. The van der Waals surface area contributed by atoms with Gasteiger partial charge in [0.2, 0.25) is 0 Å². The molecule has 0 saturated carbocycles. The Bertz CT molecular complexity index is 2660. The molecule has 9 aromatic rings. The van der Waals surface area contributed by atoms with Gasteiger partial charge in [-0.25, -0.2) is 9.97 Å². The molecule has 2 bridgehead atoms. The van der Waals surface area contributed by atoms with E-state index in [9.17, 15) is 0 Å². The van der Waals surface area contributed by atoms with E-state index in [1.807, 2.05) is 35.6 Å². The van der Waals surface area contributed by atoms with Crippen LogP contribution in [0.25, 0.3) is 86.7 Å². The lowest BCUT2D eigenvalue weighted by Crippen LogP contribution is -2.06. The monoisotopic (exact) mass is 580 g/mol. The summed E-state index contributed by atoms with van der Waals surface area (Å²) in [6.45, 7) is 2.26.